The fourth-order valence-electron chi connectivity index (χ4n) is 6.10. The van der Waals surface area contributed by atoms with Gasteiger partial charge in [0, 0.05) is 37.0 Å². The number of amides is 1. The molecule has 0 radical (unpaired) electrons. The normalized spacial score (nSPS) is 23.8. The molecule has 0 aromatic heterocycles. The van der Waals surface area contributed by atoms with Crippen LogP contribution in [0.5, 0.6) is 0 Å². The van der Waals surface area contributed by atoms with Gasteiger partial charge in [-0.25, -0.2) is 0 Å². The third-order valence-corrected chi connectivity index (χ3v) is 8.75. The molecular formula is C35H42N2O7. The zero-order chi connectivity index (χ0) is 31.1. The lowest BCUT2D eigenvalue weighted by Gasteiger charge is -2.43. The first kappa shape index (κ1) is 31.8. The van der Waals surface area contributed by atoms with Gasteiger partial charge < -0.3 is 30.1 Å². The molecule has 1 amide bonds. The van der Waals surface area contributed by atoms with Gasteiger partial charge in [0.2, 0.25) is 5.91 Å². The van der Waals surface area contributed by atoms with E-state index in [1.54, 1.807) is 0 Å². The van der Waals surface area contributed by atoms with Crippen LogP contribution in [0.2, 0.25) is 0 Å². The Labute approximate surface area is 258 Å². The van der Waals surface area contributed by atoms with Crippen LogP contribution in [0.4, 0.5) is 0 Å². The Kier molecular flexibility index (Phi) is 10.8. The number of aliphatic hydroxyl groups excluding tert-OH is 2. The van der Waals surface area contributed by atoms with Gasteiger partial charge in [0.1, 0.15) is 0 Å². The number of carbonyl (C=O) groups excluding carboxylic acids is 1. The number of likely N-dealkylation sites (tertiary alicyclic amines) is 1. The van der Waals surface area contributed by atoms with E-state index in [0.29, 0.717) is 6.54 Å². The molecule has 0 aliphatic carbocycles. The highest BCUT2D eigenvalue weighted by atomic mass is 16.7. The molecule has 2 fully saturated rings. The highest BCUT2D eigenvalue weighted by Gasteiger charge is 2.40. The van der Waals surface area contributed by atoms with Gasteiger partial charge in [-0.2, -0.15) is 0 Å². The molecule has 2 heterocycles. The molecule has 0 saturated carbocycles. The lowest BCUT2D eigenvalue weighted by Crippen LogP contribution is -2.46. The van der Waals surface area contributed by atoms with Gasteiger partial charge in [-0.1, -0.05) is 73.7 Å². The average Bonchev–Trinajstić information content (AvgIpc) is 3.51. The molecule has 234 valence electrons. The Morgan fingerprint density at radius 1 is 0.909 bits per heavy atom. The highest BCUT2D eigenvalue weighted by Crippen LogP contribution is 2.42. The zero-order valence-corrected chi connectivity index (χ0v) is 25.1. The Morgan fingerprint density at radius 2 is 1.66 bits per heavy atom. The zero-order valence-electron chi connectivity index (χ0n) is 25.1. The molecule has 2 aliphatic heterocycles. The second kappa shape index (κ2) is 14.9. The van der Waals surface area contributed by atoms with E-state index in [4.69, 9.17) is 14.6 Å². The molecule has 4 N–H and O–H groups in total. The molecule has 3 aromatic carbocycles. The van der Waals surface area contributed by atoms with Gasteiger partial charge in [-0.15, -0.1) is 0 Å². The van der Waals surface area contributed by atoms with Crippen molar-refractivity contribution in [3.63, 3.8) is 0 Å². The smallest absolute Gasteiger partial charge is 0.303 e. The predicted molar refractivity (Wildman–Crippen MR) is 165 cm³/mol. The SMILES string of the molecule is C[C@H]1[C@@H](CN2CCC[C@H]2CO)O[C@@H](c2ccc(-c3cccc(CNC(=O)CCC(=O)O)c3)cc2)O[C@H]1c1ccc(CO)cc1. The maximum absolute atomic E-state index is 12.0. The minimum Gasteiger partial charge on any atom is -0.481 e. The maximum atomic E-state index is 12.0. The number of aliphatic hydroxyl groups is 2. The number of ether oxygens (including phenoxy) is 2. The summed E-state index contributed by atoms with van der Waals surface area (Å²) in [7, 11) is 0. The summed E-state index contributed by atoms with van der Waals surface area (Å²) in [4.78, 5) is 25.0. The maximum Gasteiger partial charge on any atom is 0.303 e. The molecule has 2 saturated heterocycles. The van der Waals surface area contributed by atoms with E-state index in [9.17, 15) is 19.8 Å². The van der Waals surface area contributed by atoms with Crippen LogP contribution in [0.25, 0.3) is 11.1 Å². The lowest BCUT2D eigenvalue weighted by molar-refractivity contribution is -0.276. The third kappa shape index (κ3) is 7.91. The number of benzene rings is 3. The number of nitrogens with one attached hydrogen (secondary N) is 1. The first-order valence-electron chi connectivity index (χ1n) is 15.4. The van der Waals surface area contributed by atoms with Gasteiger partial charge in [0.15, 0.2) is 6.29 Å². The van der Waals surface area contributed by atoms with E-state index in [-0.39, 0.29) is 56.1 Å². The first-order valence-corrected chi connectivity index (χ1v) is 15.4. The van der Waals surface area contributed by atoms with Crippen molar-refractivity contribution in [2.75, 3.05) is 19.7 Å². The molecule has 0 bridgehead atoms. The number of rotatable bonds is 12. The van der Waals surface area contributed by atoms with Gasteiger partial charge >= 0.3 is 5.97 Å². The van der Waals surface area contributed by atoms with Crippen LogP contribution in [0.1, 0.15) is 67.3 Å². The van der Waals surface area contributed by atoms with Crippen molar-refractivity contribution >= 4 is 11.9 Å². The number of hydrogen-bond donors (Lipinski definition) is 4. The second-order valence-electron chi connectivity index (χ2n) is 11.8. The molecule has 5 atom stereocenters. The summed E-state index contributed by atoms with van der Waals surface area (Å²) in [5.41, 5.74) is 5.72. The molecule has 44 heavy (non-hydrogen) atoms. The minimum atomic E-state index is -0.992. The van der Waals surface area contributed by atoms with Crippen LogP contribution in [0, 0.1) is 5.92 Å². The van der Waals surface area contributed by atoms with E-state index >= 15 is 0 Å². The second-order valence-corrected chi connectivity index (χ2v) is 11.8. The average molecular weight is 603 g/mol. The quantitative estimate of drug-likeness (QED) is 0.237. The number of carbonyl (C=O) groups is 2. The Hall–Kier alpha value is -3.60. The fraction of sp³-hybridized carbons (Fsp3) is 0.429. The standard InChI is InChI=1S/C35H42N2O7/c1-23-31(20-37-17-3-6-30(37)22-39)43-35(44-34(23)27-9-7-24(21-38)8-10-27)28-13-11-26(12-14-28)29-5-2-4-25(18-29)19-36-32(40)15-16-33(41)42/h2,4-5,7-14,18,23,30-31,34-35,38-39H,3,6,15-17,19-22H2,1H3,(H,36,40)(H,41,42)/t23-,30-,31+,34+,35+/m0/s1. The predicted octanol–water partition coefficient (Wildman–Crippen LogP) is 4.58. The number of hydrogen-bond acceptors (Lipinski definition) is 7. The molecule has 0 unspecified atom stereocenters. The molecular weight excluding hydrogens is 560 g/mol. The topological polar surface area (TPSA) is 129 Å². The van der Waals surface area contributed by atoms with E-state index in [0.717, 1.165) is 59.3 Å². The van der Waals surface area contributed by atoms with Crippen LogP contribution in [0.15, 0.2) is 72.8 Å². The molecule has 9 heteroatoms. The van der Waals surface area contributed by atoms with Crippen LogP contribution < -0.4 is 5.32 Å². The summed E-state index contributed by atoms with van der Waals surface area (Å²) in [6.07, 6.45) is 0.937. The molecule has 2 aliphatic rings. The summed E-state index contributed by atoms with van der Waals surface area (Å²) in [5, 5.41) is 31.0. The van der Waals surface area contributed by atoms with Gasteiger partial charge in [-0.05, 0) is 53.3 Å². The largest absolute Gasteiger partial charge is 0.481 e. The Morgan fingerprint density at radius 3 is 2.36 bits per heavy atom. The van der Waals surface area contributed by atoms with Crippen molar-refractivity contribution in [2.45, 2.75) is 70.3 Å². The number of carboxylic acid groups (broad SMARTS) is 1. The van der Waals surface area contributed by atoms with Crippen molar-refractivity contribution in [3.8, 4) is 11.1 Å². The van der Waals surface area contributed by atoms with E-state index in [2.05, 4.69) is 17.1 Å². The van der Waals surface area contributed by atoms with Crippen molar-refractivity contribution in [2.24, 2.45) is 5.92 Å². The summed E-state index contributed by atoms with van der Waals surface area (Å²) in [6, 6.07) is 24.0. The molecule has 0 spiro atoms. The Balaban J connectivity index is 1.31. The van der Waals surface area contributed by atoms with Crippen molar-refractivity contribution in [1.82, 2.24) is 10.2 Å². The lowest BCUT2D eigenvalue weighted by atomic mass is 9.89. The van der Waals surface area contributed by atoms with E-state index in [1.807, 2.05) is 72.8 Å². The molecule has 5 rings (SSSR count). The number of carboxylic acids is 1. The summed E-state index contributed by atoms with van der Waals surface area (Å²) < 4.78 is 13.2. The monoisotopic (exact) mass is 602 g/mol. The van der Waals surface area contributed by atoms with Gasteiger partial charge in [-0.3, -0.25) is 14.5 Å². The number of nitrogens with zero attached hydrogens (tertiary/aromatic N) is 1. The van der Waals surface area contributed by atoms with Crippen LogP contribution in [0.3, 0.4) is 0 Å². The van der Waals surface area contributed by atoms with E-state index < -0.39 is 12.3 Å². The summed E-state index contributed by atoms with van der Waals surface area (Å²) in [6.45, 7) is 4.27. The third-order valence-electron chi connectivity index (χ3n) is 8.75. The van der Waals surface area contributed by atoms with Gasteiger partial charge in [0.05, 0.1) is 31.8 Å². The highest BCUT2D eigenvalue weighted by molar-refractivity contribution is 5.80. The Bertz CT molecular complexity index is 1390. The van der Waals surface area contributed by atoms with Crippen molar-refractivity contribution in [1.29, 1.82) is 0 Å². The first-order chi connectivity index (χ1) is 21.3. The van der Waals surface area contributed by atoms with Crippen LogP contribution >= 0.6 is 0 Å². The van der Waals surface area contributed by atoms with Crippen LogP contribution in [-0.2, 0) is 32.2 Å². The van der Waals surface area contributed by atoms with Crippen LogP contribution in [-0.4, -0.2) is 63.9 Å². The van der Waals surface area contributed by atoms with Gasteiger partial charge in [0.25, 0.3) is 0 Å². The van der Waals surface area contributed by atoms with Crippen molar-refractivity contribution in [3.05, 3.63) is 95.1 Å². The summed E-state index contributed by atoms with van der Waals surface area (Å²) >= 11 is 0. The molecule has 9 nitrogen and oxygen atoms in total. The molecule has 3 aromatic rings. The van der Waals surface area contributed by atoms with Crippen molar-refractivity contribution < 1.29 is 34.4 Å². The summed E-state index contributed by atoms with van der Waals surface area (Å²) in [5.74, 6) is -1.21. The number of aliphatic carboxylic acids is 1. The van der Waals surface area contributed by atoms with E-state index in [1.165, 1.54) is 0 Å². The fourth-order valence-corrected chi connectivity index (χ4v) is 6.10. The minimum absolute atomic E-state index is 0.0100.